The Morgan fingerprint density at radius 1 is 1.41 bits per heavy atom. The molecule has 0 fully saturated rings. The first-order chi connectivity index (χ1) is 7.97. The molecule has 0 saturated carbocycles. The second-order valence-corrected chi connectivity index (χ2v) is 4.58. The van der Waals surface area contributed by atoms with E-state index in [-0.39, 0.29) is 5.91 Å². The van der Waals surface area contributed by atoms with Gasteiger partial charge in [0, 0.05) is 12.7 Å². The van der Waals surface area contributed by atoms with E-state index in [4.69, 9.17) is 5.73 Å². The molecule has 0 bridgehead atoms. The van der Waals surface area contributed by atoms with Gasteiger partial charge in [-0.2, -0.15) is 0 Å². The van der Waals surface area contributed by atoms with Crippen LogP contribution < -0.4 is 10.6 Å². The summed E-state index contributed by atoms with van der Waals surface area (Å²) in [5.74, 6) is -0.0150. The van der Waals surface area contributed by atoms with Crippen molar-refractivity contribution in [2.75, 3.05) is 11.9 Å². The number of rotatable bonds is 4. The number of nitrogens with zero attached hydrogens (tertiary/aromatic N) is 1. The van der Waals surface area contributed by atoms with Gasteiger partial charge in [0.25, 0.3) is 0 Å². The largest absolute Gasteiger partial charge is 0.320 e. The number of amides is 1. The van der Waals surface area contributed by atoms with Crippen LogP contribution in [0.5, 0.6) is 0 Å². The minimum Gasteiger partial charge on any atom is -0.320 e. The average Bonchev–Trinajstić information content (AvgIpc) is 2.27. The first kappa shape index (κ1) is 13.7. The van der Waals surface area contributed by atoms with Gasteiger partial charge in [0.2, 0.25) is 5.91 Å². The monoisotopic (exact) mass is 234 g/mol. The number of likely N-dealkylation sites (N-methyl/N-ethyl adjacent to an activating group) is 1. The number of benzene rings is 1. The van der Waals surface area contributed by atoms with Crippen molar-refractivity contribution < 1.29 is 4.79 Å². The molecule has 0 saturated heterocycles. The van der Waals surface area contributed by atoms with Crippen LogP contribution >= 0.6 is 0 Å². The van der Waals surface area contributed by atoms with Crippen LogP contribution in [0.15, 0.2) is 18.2 Å². The quantitative estimate of drug-likeness (QED) is 0.869. The zero-order valence-corrected chi connectivity index (χ0v) is 11.2. The van der Waals surface area contributed by atoms with Crippen LogP contribution in [0.4, 0.5) is 5.69 Å². The summed E-state index contributed by atoms with van der Waals surface area (Å²) in [6.07, 6.45) is 1.65. The third-order valence-electron chi connectivity index (χ3n) is 2.96. The standard InChI is InChI=1S/C14H22N2O/c1-5-6-12(15)14(17)16(4)13-8-7-10(2)9-11(13)3/h7-9,12H,5-6,15H2,1-4H3/t12-/m0/s1. The van der Waals surface area contributed by atoms with Gasteiger partial charge in [0.1, 0.15) is 0 Å². The van der Waals surface area contributed by atoms with Gasteiger partial charge < -0.3 is 10.6 Å². The molecule has 2 N–H and O–H groups in total. The summed E-state index contributed by atoms with van der Waals surface area (Å²) in [5, 5.41) is 0. The fourth-order valence-corrected chi connectivity index (χ4v) is 1.98. The molecule has 17 heavy (non-hydrogen) atoms. The van der Waals surface area contributed by atoms with E-state index in [1.165, 1.54) is 5.56 Å². The molecule has 0 aliphatic heterocycles. The Morgan fingerprint density at radius 3 is 2.59 bits per heavy atom. The summed E-state index contributed by atoms with van der Waals surface area (Å²) in [7, 11) is 1.79. The summed E-state index contributed by atoms with van der Waals surface area (Å²) in [5.41, 5.74) is 9.09. The molecule has 0 spiro atoms. The normalized spacial score (nSPS) is 12.3. The van der Waals surface area contributed by atoms with Crippen molar-refractivity contribution in [3.8, 4) is 0 Å². The van der Waals surface area contributed by atoms with Crippen molar-refractivity contribution in [2.45, 2.75) is 39.7 Å². The van der Waals surface area contributed by atoms with Gasteiger partial charge >= 0.3 is 0 Å². The van der Waals surface area contributed by atoms with Crippen LogP contribution in [0.1, 0.15) is 30.9 Å². The number of nitrogens with two attached hydrogens (primary N) is 1. The van der Waals surface area contributed by atoms with Gasteiger partial charge in [0.15, 0.2) is 0 Å². The minimum atomic E-state index is -0.397. The molecule has 94 valence electrons. The molecule has 0 heterocycles. The summed E-state index contributed by atoms with van der Waals surface area (Å²) in [6.45, 7) is 6.09. The van der Waals surface area contributed by atoms with Gasteiger partial charge in [-0.25, -0.2) is 0 Å². The Balaban J connectivity index is 2.88. The molecule has 0 unspecified atom stereocenters. The molecule has 0 aliphatic carbocycles. The maximum atomic E-state index is 12.1. The lowest BCUT2D eigenvalue weighted by atomic mass is 10.1. The Bertz CT molecular complexity index is 401. The molecular weight excluding hydrogens is 212 g/mol. The Morgan fingerprint density at radius 2 is 2.06 bits per heavy atom. The number of carbonyl (C=O) groups excluding carboxylic acids is 1. The summed E-state index contributed by atoms with van der Waals surface area (Å²) >= 11 is 0. The predicted octanol–water partition coefficient (Wildman–Crippen LogP) is 2.39. The summed E-state index contributed by atoms with van der Waals surface area (Å²) in [6, 6.07) is 5.66. The van der Waals surface area contributed by atoms with Crippen molar-refractivity contribution in [1.29, 1.82) is 0 Å². The smallest absolute Gasteiger partial charge is 0.243 e. The minimum absolute atomic E-state index is 0.0150. The van der Waals surface area contributed by atoms with Crippen molar-refractivity contribution >= 4 is 11.6 Å². The molecule has 3 nitrogen and oxygen atoms in total. The van der Waals surface area contributed by atoms with Crippen molar-refractivity contribution in [3.05, 3.63) is 29.3 Å². The maximum Gasteiger partial charge on any atom is 0.243 e. The molecule has 1 aromatic rings. The molecule has 1 rings (SSSR count). The first-order valence-electron chi connectivity index (χ1n) is 6.07. The van der Waals surface area contributed by atoms with E-state index in [9.17, 15) is 4.79 Å². The second-order valence-electron chi connectivity index (χ2n) is 4.58. The molecule has 1 amide bonds. The van der Waals surface area contributed by atoms with Crippen LogP contribution in [-0.2, 0) is 4.79 Å². The zero-order valence-electron chi connectivity index (χ0n) is 11.2. The lowest BCUT2D eigenvalue weighted by Gasteiger charge is -2.23. The molecule has 0 aromatic heterocycles. The lowest BCUT2D eigenvalue weighted by Crippen LogP contribution is -2.42. The summed E-state index contributed by atoms with van der Waals surface area (Å²) in [4.78, 5) is 13.7. The van der Waals surface area contributed by atoms with E-state index in [1.807, 2.05) is 32.9 Å². The fraction of sp³-hybridized carbons (Fsp3) is 0.500. The van der Waals surface area contributed by atoms with Gasteiger partial charge in [-0.3, -0.25) is 4.79 Å². The highest BCUT2D eigenvalue weighted by molar-refractivity contribution is 5.97. The van der Waals surface area contributed by atoms with Gasteiger partial charge in [-0.15, -0.1) is 0 Å². The molecule has 0 aliphatic rings. The van der Waals surface area contributed by atoms with Crippen molar-refractivity contribution in [3.63, 3.8) is 0 Å². The molecule has 3 heteroatoms. The molecular formula is C14H22N2O. The average molecular weight is 234 g/mol. The maximum absolute atomic E-state index is 12.1. The Kier molecular flexibility index (Phi) is 4.70. The van der Waals surface area contributed by atoms with Crippen molar-refractivity contribution in [2.24, 2.45) is 5.73 Å². The van der Waals surface area contributed by atoms with E-state index >= 15 is 0 Å². The third-order valence-corrected chi connectivity index (χ3v) is 2.96. The molecule has 1 aromatic carbocycles. The number of aryl methyl sites for hydroxylation is 2. The van der Waals surface area contributed by atoms with E-state index < -0.39 is 6.04 Å². The number of hydrogen-bond donors (Lipinski definition) is 1. The third kappa shape index (κ3) is 3.30. The lowest BCUT2D eigenvalue weighted by molar-refractivity contribution is -0.119. The Labute approximate surface area is 104 Å². The number of carbonyl (C=O) groups is 1. The highest BCUT2D eigenvalue weighted by Gasteiger charge is 2.19. The van der Waals surface area contributed by atoms with Crippen LogP contribution in [0.3, 0.4) is 0 Å². The van der Waals surface area contributed by atoms with E-state index in [1.54, 1.807) is 11.9 Å². The second kappa shape index (κ2) is 5.82. The van der Waals surface area contributed by atoms with Gasteiger partial charge in [0.05, 0.1) is 6.04 Å². The first-order valence-corrected chi connectivity index (χ1v) is 6.07. The number of hydrogen-bond acceptors (Lipinski definition) is 2. The van der Waals surface area contributed by atoms with Crippen LogP contribution in [0.25, 0.3) is 0 Å². The van der Waals surface area contributed by atoms with E-state index in [0.717, 1.165) is 24.1 Å². The van der Waals surface area contributed by atoms with Crippen LogP contribution in [0, 0.1) is 13.8 Å². The predicted molar refractivity (Wildman–Crippen MR) is 72.2 cm³/mol. The molecule has 0 radical (unpaired) electrons. The topological polar surface area (TPSA) is 46.3 Å². The van der Waals surface area contributed by atoms with Crippen molar-refractivity contribution in [1.82, 2.24) is 0 Å². The van der Waals surface area contributed by atoms with E-state index in [0.29, 0.717) is 0 Å². The highest BCUT2D eigenvalue weighted by atomic mass is 16.2. The molecule has 1 atom stereocenters. The highest BCUT2D eigenvalue weighted by Crippen LogP contribution is 2.20. The number of anilines is 1. The van der Waals surface area contributed by atoms with E-state index in [2.05, 4.69) is 6.07 Å². The summed E-state index contributed by atoms with van der Waals surface area (Å²) < 4.78 is 0. The Hall–Kier alpha value is -1.35. The van der Waals surface area contributed by atoms with Crippen LogP contribution in [0.2, 0.25) is 0 Å². The van der Waals surface area contributed by atoms with Crippen LogP contribution in [-0.4, -0.2) is 19.0 Å². The fourth-order valence-electron chi connectivity index (χ4n) is 1.98. The van der Waals surface area contributed by atoms with Gasteiger partial charge in [-0.05, 0) is 31.9 Å². The zero-order chi connectivity index (χ0) is 13.0. The van der Waals surface area contributed by atoms with Gasteiger partial charge in [-0.1, -0.05) is 31.0 Å². The SMILES string of the molecule is CCC[C@H](N)C(=O)N(C)c1ccc(C)cc1C.